The van der Waals surface area contributed by atoms with Gasteiger partial charge in [0.05, 0.1) is 6.10 Å². The maximum atomic E-state index is 5.44. The second-order valence-corrected chi connectivity index (χ2v) is 3.85. The molecule has 0 spiro atoms. The van der Waals surface area contributed by atoms with Crippen LogP contribution in [0.1, 0.15) is 41.0 Å². The molecule has 2 nitrogen and oxygen atoms in total. The van der Waals surface area contributed by atoms with E-state index in [1.54, 1.807) is 0 Å². The predicted octanol–water partition coefficient (Wildman–Crippen LogP) is 2.44. The van der Waals surface area contributed by atoms with Crippen molar-refractivity contribution in [2.45, 2.75) is 53.2 Å². The summed E-state index contributed by atoms with van der Waals surface area (Å²) in [5.74, 6) is 0.744. The van der Waals surface area contributed by atoms with E-state index in [2.05, 4.69) is 33.0 Å². The van der Waals surface area contributed by atoms with Crippen LogP contribution in [0.15, 0.2) is 0 Å². The molecule has 80 valence electrons. The minimum Gasteiger partial charge on any atom is -0.377 e. The Bertz CT molecular complexity index is 117. The highest BCUT2D eigenvalue weighted by Crippen LogP contribution is 2.06. The number of ether oxygens (including phenoxy) is 1. The van der Waals surface area contributed by atoms with Gasteiger partial charge in [-0.1, -0.05) is 20.3 Å². The maximum absolute atomic E-state index is 5.44. The molecule has 0 aliphatic heterocycles. The monoisotopic (exact) mass is 187 g/mol. The first-order valence-corrected chi connectivity index (χ1v) is 5.46. The van der Waals surface area contributed by atoms with E-state index in [-0.39, 0.29) is 0 Å². The molecule has 0 bridgehead atoms. The molecule has 1 N–H and O–H groups in total. The van der Waals surface area contributed by atoms with Gasteiger partial charge in [-0.05, 0) is 26.7 Å². The third-order valence-corrected chi connectivity index (χ3v) is 2.68. The molecule has 0 rings (SSSR count). The van der Waals surface area contributed by atoms with E-state index in [0.29, 0.717) is 12.1 Å². The molecule has 3 atom stereocenters. The smallest absolute Gasteiger partial charge is 0.0671 e. The van der Waals surface area contributed by atoms with Gasteiger partial charge in [-0.25, -0.2) is 0 Å². The summed E-state index contributed by atoms with van der Waals surface area (Å²) in [4.78, 5) is 0. The van der Waals surface area contributed by atoms with E-state index in [4.69, 9.17) is 4.74 Å². The van der Waals surface area contributed by atoms with Gasteiger partial charge in [0.25, 0.3) is 0 Å². The summed E-state index contributed by atoms with van der Waals surface area (Å²) in [5, 5.41) is 3.49. The van der Waals surface area contributed by atoms with Crippen molar-refractivity contribution in [2.24, 2.45) is 5.92 Å². The van der Waals surface area contributed by atoms with Gasteiger partial charge in [0, 0.05) is 19.2 Å². The van der Waals surface area contributed by atoms with Gasteiger partial charge in [-0.2, -0.15) is 0 Å². The topological polar surface area (TPSA) is 21.3 Å². The molecule has 0 heterocycles. The average molecular weight is 187 g/mol. The van der Waals surface area contributed by atoms with Crippen LogP contribution in [0, 0.1) is 5.92 Å². The lowest BCUT2D eigenvalue weighted by molar-refractivity contribution is 0.0728. The molecule has 0 radical (unpaired) electrons. The fourth-order valence-electron chi connectivity index (χ4n) is 1.25. The lowest BCUT2D eigenvalue weighted by Gasteiger charge is -2.22. The Hall–Kier alpha value is -0.0800. The molecule has 0 aliphatic carbocycles. The zero-order valence-electron chi connectivity index (χ0n) is 9.76. The van der Waals surface area contributed by atoms with Gasteiger partial charge in [0.1, 0.15) is 0 Å². The molecule has 13 heavy (non-hydrogen) atoms. The third-order valence-electron chi connectivity index (χ3n) is 2.68. The van der Waals surface area contributed by atoms with Crippen molar-refractivity contribution < 1.29 is 4.74 Å². The Morgan fingerprint density at radius 3 is 2.23 bits per heavy atom. The van der Waals surface area contributed by atoms with Crippen LogP contribution in [-0.4, -0.2) is 25.3 Å². The summed E-state index contributed by atoms with van der Waals surface area (Å²) in [6.07, 6.45) is 1.56. The Morgan fingerprint density at radius 1 is 1.15 bits per heavy atom. The Kier molecular flexibility index (Phi) is 7.29. The summed E-state index contributed by atoms with van der Waals surface area (Å²) in [7, 11) is 0. The van der Waals surface area contributed by atoms with E-state index in [9.17, 15) is 0 Å². The van der Waals surface area contributed by atoms with Gasteiger partial charge in [-0.15, -0.1) is 0 Å². The van der Waals surface area contributed by atoms with Crippen molar-refractivity contribution in [3.63, 3.8) is 0 Å². The molecule has 0 aromatic heterocycles. The highest BCUT2D eigenvalue weighted by molar-refractivity contribution is 4.68. The zero-order valence-corrected chi connectivity index (χ0v) is 9.76. The largest absolute Gasteiger partial charge is 0.377 e. The summed E-state index contributed by atoms with van der Waals surface area (Å²) in [5.41, 5.74) is 0. The van der Waals surface area contributed by atoms with Crippen LogP contribution < -0.4 is 5.32 Å². The predicted molar refractivity (Wildman–Crippen MR) is 58.0 cm³/mol. The molecule has 0 aliphatic rings. The van der Waals surface area contributed by atoms with Crippen LogP contribution in [-0.2, 0) is 4.74 Å². The fourth-order valence-corrected chi connectivity index (χ4v) is 1.25. The van der Waals surface area contributed by atoms with Crippen LogP contribution >= 0.6 is 0 Å². The van der Waals surface area contributed by atoms with Gasteiger partial charge in [0.15, 0.2) is 0 Å². The van der Waals surface area contributed by atoms with E-state index < -0.39 is 0 Å². The molecule has 0 aromatic rings. The van der Waals surface area contributed by atoms with Crippen molar-refractivity contribution in [3.8, 4) is 0 Å². The van der Waals surface area contributed by atoms with Gasteiger partial charge in [0.2, 0.25) is 0 Å². The molecule has 0 saturated heterocycles. The molecule has 0 aromatic carbocycles. The van der Waals surface area contributed by atoms with Crippen molar-refractivity contribution >= 4 is 0 Å². The number of hydrogen-bond donors (Lipinski definition) is 1. The van der Waals surface area contributed by atoms with Crippen LogP contribution in [0.25, 0.3) is 0 Å². The summed E-state index contributed by atoms with van der Waals surface area (Å²) < 4.78 is 5.44. The van der Waals surface area contributed by atoms with Crippen molar-refractivity contribution in [1.29, 1.82) is 0 Å². The second-order valence-electron chi connectivity index (χ2n) is 3.85. The zero-order chi connectivity index (χ0) is 10.3. The first-order chi connectivity index (χ1) is 6.11. The van der Waals surface area contributed by atoms with Crippen LogP contribution in [0.4, 0.5) is 0 Å². The first-order valence-electron chi connectivity index (χ1n) is 5.46. The van der Waals surface area contributed by atoms with E-state index in [0.717, 1.165) is 19.1 Å². The highest BCUT2D eigenvalue weighted by atomic mass is 16.5. The fraction of sp³-hybridized carbons (Fsp3) is 1.00. The van der Waals surface area contributed by atoms with Crippen LogP contribution in [0.2, 0.25) is 0 Å². The van der Waals surface area contributed by atoms with Crippen molar-refractivity contribution in [3.05, 3.63) is 0 Å². The molecular weight excluding hydrogens is 162 g/mol. The third kappa shape index (κ3) is 6.05. The van der Waals surface area contributed by atoms with Gasteiger partial charge >= 0.3 is 0 Å². The van der Waals surface area contributed by atoms with Gasteiger partial charge in [-0.3, -0.25) is 0 Å². The molecular formula is C11H25NO. The second kappa shape index (κ2) is 7.34. The van der Waals surface area contributed by atoms with Crippen LogP contribution in [0.5, 0.6) is 0 Å². The molecule has 0 amide bonds. The highest BCUT2D eigenvalue weighted by Gasteiger charge is 2.10. The standard InChI is InChI=1S/C11H25NO/c1-6-9(3)11(5)12-8-10(4)13-7-2/h9-12H,6-8H2,1-5H3. The van der Waals surface area contributed by atoms with Gasteiger partial charge < -0.3 is 10.1 Å². The van der Waals surface area contributed by atoms with E-state index >= 15 is 0 Å². The maximum Gasteiger partial charge on any atom is 0.0671 e. The molecule has 2 heteroatoms. The normalized spacial score (nSPS) is 18.2. The number of nitrogens with one attached hydrogen (secondary N) is 1. The first kappa shape index (κ1) is 12.9. The Balaban J connectivity index is 3.50. The van der Waals surface area contributed by atoms with Crippen LogP contribution in [0.3, 0.4) is 0 Å². The summed E-state index contributed by atoms with van der Waals surface area (Å²) in [6.45, 7) is 12.7. The van der Waals surface area contributed by atoms with Crippen molar-refractivity contribution in [1.82, 2.24) is 5.32 Å². The SMILES string of the molecule is CCOC(C)CNC(C)C(C)CC. The molecule has 3 unspecified atom stereocenters. The summed E-state index contributed by atoms with van der Waals surface area (Å²) >= 11 is 0. The lowest BCUT2D eigenvalue weighted by atomic mass is 10.0. The minimum atomic E-state index is 0.330. The number of rotatable bonds is 7. The molecule has 0 saturated carbocycles. The minimum absolute atomic E-state index is 0.330. The number of hydrogen-bond acceptors (Lipinski definition) is 2. The van der Waals surface area contributed by atoms with E-state index in [1.807, 2.05) is 6.92 Å². The average Bonchev–Trinajstić information content (AvgIpc) is 2.13. The molecule has 0 fully saturated rings. The summed E-state index contributed by atoms with van der Waals surface area (Å²) in [6, 6.07) is 0.591. The Morgan fingerprint density at radius 2 is 1.77 bits per heavy atom. The Labute approximate surface area is 83.1 Å². The lowest BCUT2D eigenvalue weighted by Crippen LogP contribution is -2.37. The quantitative estimate of drug-likeness (QED) is 0.661. The van der Waals surface area contributed by atoms with Crippen molar-refractivity contribution in [2.75, 3.05) is 13.2 Å². The van der Waals surface area contributed by atoms with E-state index in [1.165, 1.54) is 6.42 Å².